The molecular formula is C9H15BN2. The van der Waals surface area contributed by atoms with Gasteiger partial charge in [-0.25, -0.2) is 9.97 Å². The van der Waals surface area contributed by atoms with Gasteiger partial charge in [0.2, 0.25) is 0 Å². The van der Waals surface area contributed by atoms with E-state index in [4.69, 9.17) is 0 Å². The smallest absolute Gasteiger partial charge is 0.126 e. The summed E-state index contributed by atoms with van der Waals surface area (Å²) in [4.78, 5) is 8.73. The Kier molecular flexibility index (Phi) is 3.26. The Balaban J connectivity index is 2.89. The Morgan fingerprint density at radius 2 is 2.25 bits per heavy atom. The predicted molar refractivity (Wildman–Crippen MR) is 52.9 cm³/mol. The molecule has 0 N–H and O–H groups in total. The Morgan fingerprint density at radius 1 is 1.50 bits per heavy atom. The van der Waals surface area contributed by atoms with Gasteiger partial charge >= 0.3 is 0 Å². The fourth-order valence-electron chi connectivity index (χ4n) is 1.22. The van der Waals surface area contributed by atoms with Gasteiger partial charge in [0, 0.05) is 11.9 Å². The molecule has 0 aliphatic carbocycles. The zero-order chi connectivity index (χ0) is 8.97. The van der Waals surface area contributed by atoms with Gasteiger partial charge in [0.25, 0.3) is 0 Å². The topological polar surface area (TPSA) is 25.8 Å². The van der Waals surface area contributed by atoms with Gasteiger partial charge in [0.1, 0.15) is 13.1 Å². The second kappa shape index (κ2) is 4.24. The van der Waals surface area contributed by atoms with Gasteiger partial charge in [-0.3, -0.25) is 0 Å². The third kappa shape index (κ3) is 2.06. The zero-order valence-corrected chi connectivity index (χ0v) is 8.09. The third-order valence-corrected chi connectivity index (χ3v) is 1.93. The molecule has 1 heterocycles. The van der Waals surface area contributed by atoms with Crippen molar-refractivity contribution in [3.63, 3.8) is 0 Å². The summed E-state index contributed by atoms with van der Waals surface area (Å²) in [6.45, 7) is 6.34. The highest BCUT2D eigenvalue weighted by Crippen LogP contribution is 2.04. The monoisotopic (exact) mass is 162 g/mol. The van der Waals surface area contributed by atoms with E-state index in [0.29, 0.717) is 0 Å². The van der Waals surface area contributed by atoms with Crippen LogP contribution < -0.4 is 0 Å². The minimum absolute atomic E-state index is 0.986. The van der Waals surface area contributed by atoms with Gasteiger partial charge in [-0.15, -0.1) is 0 Å². The van der Waals surface area contributed by atoms with E-state index in [1.165, 1.54) is 11.3 Å². The molecule has 0 aromatic carbocycles. The van der Waals surface area contributed by atoms with E-state index in [1.807, 2.05) is 6.20 Å². The Bertz CT molecular complexity index is 261. The van der Waals surface area contributed by atoms with Crippen molar-refractivity contribution >= 4 is 7.28 Å². The molecule has 0 bridgehead atoms. The molecule has 2 nitrogen and oxygen atoms in total. The summed E-state index contributed by atoms with van der Waals surface area (Å²) in [5, 5.41) is 0. The average molecular weight is 162 g/mol. The summed E-state index contributed by atoms with van der Waals surface area (Å²) in [6.07, 6.45) is 3.93. The molecular weight excluding hydrogens is 147 g/mol. The molecule has 1 aromatic rings. The molecule has 0 saturated heterocycles. The fourth-order valence-corrected chi connectivity index (χ4v) is 1.22. The van der Waals surface area contributed by atoms with Gasteiger partial charge < -0.3 is 0 Å². The molecule has 0 unspecified atom stereocenters. The maximum absolute atomic E-state index is 4.47. The SMILES string of the molecule is CBCc1ncc(C)c(CC)n1. The summed E-state index contributed by atoms with van der Waals surface area (Å²) in [5.41, 5.74) is 2.39. The highest BCUT2D eigenvalue weighted by molar-refractivity contribution is 6.32. The van der Waals surface area contributed by atoms with E-state index >= 15 is 0 Å². The normalized spacial score (nSPS) is 9.92. The zero-order valence-electron chi connectivity index (χ0n) is 8.09. The van der Waals surface area contributed by atoms with E-state index in [-0.39, 0.29) is 0 Å². The first-order chi connectivity index (χ1) is 5.77. The van der Waals surface area contributed by atoms with Crippen molar-refractivity contribution < 1.29 is 0 Å². The quantitative estimate of drug-likeness (QED) is 0.626. The van der Waals surface area contributed by atoms with Crippen molar-refractivity contribution in [3.05, 3.63) is 23.3 Å². The highest BCUT2D eigenvalue weighted by atomic mass is 14.9. The van der Waals surface area contributed by atoms with Crippen molar-refractivity contribution in [2.75, 3.05) is 0 Å². The maximum atomic E-state index is 4.47. The summed E-state index contributed by atoms with van der Waals surface area (Å²) in [7, 11) is 1.12. The first-order valence-corrected chi connectivity index (χ1v) is 4.59. The van der Waals surface area contributed by atoms with Crippen LogP contribution in [-0.4, -0.2) is 17.2 Å². The molecule has 12 heavy (non-hydrogen) atoms. The largest absolute Gasteiger partial charge is 0.242 e. The van der Waals surface area contributed by atoms with Crippen LogP contribution in [0.1, 0.15) is 24.0 Å². The van der Waals surface area contributed by atoms with Crippen LogP contribution in [0.15, 0.2) is 6.20 Å². The van der Waals surface area contributed by atoms with Crippen LogP contribution in [0.25, 0.3) is 0 Å². The minimum Gasteiger partial charge on any atom is -0.242 e. The lowest BCUT2D eigenvalue weighted by atomic mass is 9.78. The third-order valence-electron chi connectivity index (χ3n) is 1.93. The Labute approximate surface area is 74.7 Å². The Morgan fingerprint density at radius 3 is 2.83 bits per heavy atom. The lowest BCUT2D eigenvalue weighted by Crippen LogP contribution is -2.03. The van der Waals surface area contributed by atoms with Crippen molar-refractivity contribution in [1.82, 2.24) is 9.97 Å². The summed E-state index contributed by atoms with van der Waals surface area (Å²) < 4.78 is 0. The van der Waals surface area contributed by atoms with Gasteiger partial charge in [-0.05, 0) is 25.2 Å². The van der Waals surface area contributed by atoms with Crippen molar-refractivity contribution in [2.45, 2.75) is 33.4 Å². The second-order valence-electron chi connectivity index (χ2n) is 3.02. The van der Waals surface area contributed by atoms with Crippen LogP contribution in [0.4, 0.5) is 0 Å². The predicted octanol–water partition coefficient (Wildman–Crippen LogP) is 1.33. The van der Waals surface area contributed by atoms with Gasteiger partial charge in [0.15, 0.2) is 0 Å². The molecule has 0 aliphatic heterocycles. The molecule has 0 spiro atoms. The molecule has 0 amide bonds. The number of hydrogen-bond donors (Lipinski definition) is 0. The molecule has 0 radical (unpaired) electrons. The molecule has 64 valence electrons. The highest BCUT2D eigenvalue weighted by Gasteiger charge is 2.00. The summed E-state index contributed by atoms with van der Waals surface area (Å²) in [5.74, 6) is 0.986. The van der Waals surface area contributed by atoms with Crippen molar-refractivity contribution in [1.29, 1.82) is 0 Å². The lowest BCUT2D eigenvalue weighted by molar-refractivity contribution is 0.913. The standard InChI is InChI=1S/C9H15BN2/c1-4-8-7(2)6-11-9(12-8)5-10-3/h6,10H,4-5H2,1-3H3. The Hall–Kier alpha value is -0.855. The number of hydrogen-bond acceptors (Lipinski definition) is 2. The fraction of sp³-hybridized carbons (Fsp3) is 0.556. The minimum atomic E-state index is 0.986. The van der Waals surface area contributed by atoms with Crippen LogP contribution in [0.5, 0.6) is 0 Å². The molecule has 0 atom stereocenters. The molecule has 0 aliphatic rings. The average Bonchev–Trinajstić information content (AvgIpc) is 2.09. The molecule has 3 heteroatoms. The lowest BCUT2D eigenvalue weighted by Gasteiger charge is -2.03. The van der Waals surface area contributed by atoms with Crippen LogP contribution in [0.2, 0.25) is 6.82 Å². The van der Waals surface area contributed by atoms with Gasteiger partial charge in [-0.2, -0.15) is 0 Å². The number of rotatable bonds is 3. The molecule has 1 aromatic heterocycles. The van der Waals surface area contributed by atoms with Crippen molar-refractivity contribution in [2.24, 2.45) is 0 Å². The van der Waals surface area contributed by atoms with E-state index in [1.54, 1.807) is 0 Å². The summed E-state index contributed by atoms with van der Waals surface area (Å²) in [6, 6.07) is 0. The van der Waals surface area contributed by atoms with E-state index in [2.05, 4.69) is 30.6 Å². The van der Waals surface area contributed by atoms with Crippen LogP contribution in [0.3, 0.4) is 0 Å². The number of aromatic nitrogens is 2. The molecule has 1 rings (SSSR count). The van der Waals surface area contributed by atoms with Gasteiger partial charge in [-0.1, -0.05) is 13.7 Å². The molecule has 0 fully saturated rings. The van der Waals surface area contributed by atoms with Crippen LogP contribution >= 0.6 is 0 Å². The summed E-state index contributed by atoms with van der Waals surface area (Å²) >= 11 is 0. The van der Waals surface area contributed by atoms with Crippen LogP contribution in [-0.2, 0) is 12.7 Å². The first-order valence-electron chi connectivity index (χ1n) is 4.59. The van der Waals surface area contributed by atoms with E-state index in [9.17, 15) is 0 Å². The molecule has 0 saturated carbocycles. The van der Waals surface area contributed by atoms with Crippen molar-refractivity contribution in [3.8, 4) is 0 Å². The number of aryl methyl sites for hydroxylation is 2. The van der Waals surface area contributed by atoms with Gasteiger partial charge in [0.05, 0.1) is 0 Å². The first kappa shape index (κ1) is 9.23. The maximum Gasteiger partial charge on any atom is 0.126 e. The van der Waals surface area contributed by atoms with Crippen LogP contribution in [0, 0.1) is 6.92 Å². The van der Waals surface area contributed by atoms with E-state index in [0.717, 1.165) is 25.8 Å². The van der Waals surface area contributed by atoms with E-state index < -0.39 is 0 Å². The number of nitrogens with zero attached hydrogens (tertiary/aromatic N) is 2. The second-order valence-corrected chi connectivity index (χ2v) is 3.02.